The van der Waals surface area contributed by atoms with Gasteiger partial charge in [-0.05, 0) is 74.2 Å². The third kappa shape index (κ3) is 3.24. The maximum Gasteiger partial charge on any atom is 0.258 e. The Bertz CT molecular complexity index is 843. The zero-order chi connectivity index (χ0) is 17.4. The molecule has 122 valence electrons. The number of aryl methyl sites for hydroxylation is 4. The van der Waals surface area contributed by atoms with Crippen LogP contribution in [0.15, 0.2) is 48.2 Å². The number of rotatable bonds is 3. The van der Waals surface area contributed by atoms with Gasteiger partial charge in [-0.3, -0.25) is 9.69 Å². The van der Waals surface area contributed by atoms with Gasteiger partial charge in [0.15, 0.2) is 0 Å². The summed E-state index contributed by atoms with van der Waals surface area (Å²) in [6, 6.07) is 12.2. The number of carbonyl (C=O) groups is 1. The second kappa shape index (κ2) is 6.21. The summed E-state index contributed by atoms with van der Waals surface area (Å²) in [6.07, 6.45) is 1.57. The lowest BCUT2D eigenvalue weighted by Gasteiger charge is -2.19. The van der Waals surface area contributed by atoms with E-state index >= 15 is 0 Å². The number of nitrogens with zero attached hydrogens (tertiary/aromatic N) is 1. The van der Waals surface area contributed by atoms with E-state index in [-0.39, 0.29) is 5.91 Å². The van der Waals surface area contributed by atoms with E-state index in [4.69, 9.17) is 12.2 Å². The fourth-order valence-electron chi connectivity index (χ4n) is 3.09. The Kier molecular flexibility index (Phi) is 4.24. The van der Waals surface area contributed by atoms with Gasteiger partial charge in [0.1, 0.15) is 4.99 Å². The Hall–Kier alpha value is -2.46. The minimum absolute atomic E-state index is 0.114. The summed E-state index contributed by atoms with van der Waals surface area (Å²) in [5.41, 5.74) is 6.97. The van der Waals surface area contributed by atoms with Gasteiger partial charge in [-0.15, -0.1) is 0 Å². The summed E-state index contributed by atoms with van der Waals surface area (Å²) in [7, 11) is 0. The van der Waals surface area contributed by atoms with Crippen LogP contribution >= 0.6 is 12.2 Å². The number of benzene rings is 2. The van der Waals surface area contributed by atoms with Crippen molar-refractivity contribution in [3.63, 3.8) is 0 Å². The van der Waals surface area contributed by atoms with Crippen molar-refractivity contribution in [2.45, 2.75) is 27.7 Å². The van der Waals surface area contributed by atoms with E-state index in [1.165, 1.54) is 11.1 Å². The summed E-state index contributed by atoms with van der Waals surface area (Å²) in [4.78, 5) is 14.6. The lowest BCUT2D eigenvalue weighted by Crippen LogP contribution is -2.30. The van der Waals surface area contributed by atoms with E-state index in [0.29, 0.717) is 10.7 Å². The maximum atomic E-state index is 12.5. The molecule has 0 aliphatic carbocycles. The standard InChI is InChI=1S/C20H20N2OS/c1-12-5-13(2)8-16(7-12)21-18-11-19(23)22(20(18)24)17-9-14(3)6-15(4)10-17/h5-11,21H,1-4H3. The highest BCUT2D eigenvalue weighted by atomic mass is 32.1. The van der Waals surface area contributed by atoms with Crippen LogP contribution in [0.25, 0.3) is 0 Å². The number of thiocarbonyl (C=S) groups is 1. The zero-order valence-corrected chi connectivity index (χ0v) is 15.1. The quantitative estimate of drug-likeness (QED) is 0.832. The Morgan fingerprint density at radius 2 is 1.33 bits per heavy atom. The molecule has 2 aromatic carbocycles. The van der Waals surface area contributed by atoms with E-state index in [0.717, 1.165) is 22.5 Å². The minimum Gasteiger partial charge on any atom is -0.353 e. The number of carbonyl (C=O) groups excluding carboxylic acids is 1. The van der Waals surface area contributed by atoms with Gasteiger partial charge < -0.3 is 5.32 Å². The van der Waals surface area contributed by atoms with Gasteiger partial charge in [0.2, 0.25) is 0 Å². The number of hydrogen-bond donors (Lipinski definition) is 1. The molecule has 0 aromatic heterocycles. The van der Waals surface area contributed by atoms with Crippen molar-refractivity contribution in [2.75, 3.05) is 10.2 Å². The first-order valence-corrected chi connectivity index (χ1v) is 8.28. The lowest BCUT2D eigenvalue weighted by molar-refractivity contribution is -0.113. The van der Waals surface area contributed by atoms with Crippen LogP contribution in [0, 0.1) is 27.7 Å². The molecule has 0 saturated carbocycles. The molecule has 1 aliphatic heterocycles. The first-order chi connectivity index (χ1) is 11.3. The fourth-order valence-corrected chi connectivity index (χ4v) is 3.39. The molecule has 4 heteroatoms. The molecule has 1 heterocycles. The van der Waals surface area contributed by atoms with Crippen LogP contribution in [0.5, 0.6) is 0 Å². The summed E-state index contributed by atoms with van der Waals surface area (Å²) in [5.74, 6) is -0.114. The molecule has 1 amide bonds. The second-order valence-electron chi connectivity index (χ2n) is 6.38. The van der Waals surface area contributed by atoms with Gasteiger partial charge >= 0.3 is 0 Å². The Balaban J connectivity index is 1.89. The van der Waals surface area contributed by atoms with Gasteiger partial charge in [-0.25, -0.2) is 0 Å². The SMILES string of the molecule is Cc1cc(C)cc(NC2=CC(=O)N(c3cc(C)cc(C)c3)C2=S)c1. The van der Waals surface area contributed by atoms with Crippen molar-refractivity contribution in [2.24, 2.45) is 0 Å². The smallest absolute Gasteiger partial charge is 0.258 e. The summed E-state index contributed by atoms with van der Waals surface area (Å²) in [6.45, 7) is 8.13. The van der Waals surface area contributed by atoms with Crippen LogP contribution < -0.4 is 10.2 Å². The van der Waals surface area contributed by atoms with Crippen LogP contribution in [0.1, 0.15) is 22.3 Å². The van der Waals surface area contributed by atoms with E-state index in [2.05, 4.69) is 17.4 Å². The molecule has 0 saturated heterocycles. The molecule has 0 atom stereocenters. The average Bonchev–Trinajstić information content (AvgIpc) is 2.71. The second-order valence-corrected chi connectivity index (χ2v) is 6.77. The lowest BCUT2D eigenvalue weighted by atomic mass is 10.1. The highest BCUT2D eigenvalue weighted by Crippen LogP contribution is 2.27. The van der Waals surface area contributed by atoms with Crippen LogP contribution in [0.3, 0.4) is 0 Å². The summed E-state index contributed by atoms with van der Waals surface area (Å²) < 4.78 is 0. The van der Waals surface area contributed by atoms with Gasteiger partial charge in [-0.2, -0.15) is 0 Å². The normalized spacial score (nSPS) is 14.2. The third-order valence-electron chi connectivity index (χ3n) is 3.89. The Morgan fingerprint density at radius 3 is 1.88 bits per heavy atom. The number of nitrogens with one attached hydrogen (secondary N) is 1. The predicted octanol–water partition coefficient (Wildman–Crippen LogP) is 4.59. The zero-order valence-electron chi connectivity index (χ0n) is 14.3. The van der Waals surface area contributed by atoms with E-state index in [9.17, 15) is 4.79 Å². The largest absolute Gasteiger partial charge is 0.353 e. The van der Waals surface area contributed by atoms with E-state index in [1.807, 2.05) is 52.0 Å². The molecule has 1 aliphatic rings. The average molecular weight is 336 g/mol. The first kappa shape index (κ1) is 16.4. The van der Waals surface area contributed by atoms with Crippen molar-refractivity contribution < 1.29 is 4.79 Å². The third-order valence-corrected chi connectivity index (χ3v) is 4.29. The first-order valence-electron chi connectivity index (χ1n) is 7.87. The molecule has 0 fully saturated rings. The van der Waals surface area contributed by atoms with Crippen molar-refractivity contribution >= 4 is 34.5 Å². The Morgan fingerprint density at radius 1 is 0.833 bits per heavy atom. The number of amides is 1. The molecule has 2 aromatic rings. The topological polar surface area (TPSA) is 32.3 Å². The van der Waals surface area contributed by atoms with Crippen LogP contribution in [0.2, 0.25) is 0 Å². The number of anilines is 2. The van der Waals surface area contributed by atoms with Gasteiger partial charge in [0.25, 0.3) is 5.91 Å². The Labute approximate surface area is 148 Å². The predicted molar refractivity (Wildman–Crippen MR) is 104 cm³/mol. The van der Waals surface area contributed by atoms with E-state index in [1.54, 1.807) is 11.0 Å². The summed E-state index contributed by atoms with van der Waals surface area (Å²) in [5, 5.41) is 3.29. The van der Waals surface area contributed by atoms with Gasteiger partial charge in [0.05, 0.1) is 11.4 Å². The molecule has 1 N–H and O–H groups in total. The molecular formula is C20H20N2OS. The molecule has 0 bridgehead atoms. The van der Waals surface area contributed by atoms with Gasteiger partial charge in [0, 0.05) is 11.8 Å². The molecule has 0 radical (unpaired) electrons. The molecule has 0 unspecified atom stereocenters. The minimum atomic E-state index is -0.114. The molecule has 24 heavy (non-hydrogen) atoms. The van der Waals surface area contributed by atoms with Crippen molar-refractivity contribution in [3.8, 4) is 0 Å². The monoisotopic (exact) mass is 336 g/mol. The van der Waals surface area contributed by atoms with Crippen molar-refractivity contribution in [1.82, 2.24) is 0 Å². The fraction of sp³-hybridized carbons (Fsp3) is 0.200. The van der Waals surface area contributed by atoms with Crippen molar-refractivity contribution in [3.05, 3.63) is 70.4 Å². The van der Waals surface area contributed by atoms with Crippen LogP contribution in [-0.4, -0.2) is 10.9 Å². The summed E-state index contributed by atoms with van der Waals surface area (Å²) >= 11 is 5.55. The molecular weight excluding hydrogens is 316 g/mol. The maximum absolute atomic E-state index is 12.5. The molecule has 3 rings (SSSR count). The molecule has 0 spiro atoms. The van der Waals surface area contributed by atoms with Crippen LogP contribution in [0.4, 0.5) is 11.4 Å². The van der Waals surface area contributed by atoms with Crippen molar-refractivity contribution in [1.29, 1.82) is 0 Å². The highest BCUT2D eigenvalue weighted by molar-refractivity contribution is 7.81. The van der Waals surface area contributed by atoms with Crippen LogP contribution in [-0.2, 0) is 4.79 Å². The van der Waals surface area contributed by atoms with Gasteiger partial charge in [-0.1, -0.05) is 24.4 Å². The highest BCUT2D eigenvalue weighted by Gasteiger charge is 2.29. The number of hydrogen-bond acceptors (Lipinski definition) is 3. The molecule has 3 nitrogen and oxygen atoms in total. The van der Waals surface area contributed by atoms with E-state index < -0.39 is 0 Å².